The molecule has 3 rings (SSSR count). The standard InChI is InChI=1S/C14H14ClN3O/c1-2-4-14-16-13(17-19-14)9-18-8-7-10-11(15)5-3-6-12(10)18/h3,5-8H,2,4,9H2,1H3. The zero-order chi connectivity index (χ0) is 13.2. The number of hydrogen-bond donors (Lipinski definition) is 0. The summed E-state index contributed by atoms with van der Waals surface area (Å²) in [5.74, 6) is 1.40. The molecule has 2 aromatic heterocycles. The van der Waals surface area contributed by atoms with Gasteiger partial charge in [0.15, 0.2) is 5.82 Å². The van der Waals surface area contributed by atoms with E-state index in [2.05, 4.69) is 21.6 Å². The molecule has 0 spiro atoms. The molecule has 0 unspecified atom stereocenters. The summed E-state index contributed by atoms with van der Waals surface area (Å²) in [4.78, 5) is 4.37. The Morgan fingerprint density at radius 1 is 1.32 bits per heavy atom. The lowest BCUT2D eigenvalue weighted by Gasteiger charge is -2.01. The van der Waals surface area contributed by atoms with Gasteiger partial charge in [-0.2, -0.15) is 4.98 Å². The van der Waals surface area contributed by atoms with Crippen LogP contribution in [0.2, 0.25) is 5.02 Å². The second-order valence-electron chi connectivity index (χ2n) is 4.47. The number of aryl methyl sites for hydroxylation is 1. The van der Waals surface area contributed by atoms with Crippen molar-refractivity contribution in [3.63, 3.8) is 0 Å². The number of halogens is 1. The molecular weight excluding hydrogens is 262 g/mol. The van der Waals surface area contributed by atoms with Gasteiger partial charge in [-0.3, -0.25) is 0 Å². The van der Waals surface area contributed by atoms with Crippen molar-refractivity contribution >= 4 is 22.5 Å². The van der Waals surface area contributed by atoms with E-state index >= 15 is 0 Å². The quantitative estimate of drug-likeness (QED) is 0.729. The van der Waals surface area contributed by atoms with Crippen LogP contribution < -0.4 is 0 Å². The van der Waals surface area contributed by atoms with E-state index in [1.807, 2.05) is 30.5 Å². The van der Waals surface area contributed by atoms with Crippen LogP contribution in [0, 0.1) is 0 Å². The second-order valence-corrected chi connectivity index (χ2v) is 4.88. The molecule has 0 bridgehead atoms. The minimum absolute atomic E-state index is 0.594. The maximum absolute atomic E-state index is 6.16. The fourth-order valence-electron chi connectivity index (χ4n) is 2.15. The van der Waals surface area contributed by atoms with Crippen molar-refractivity contribution in [2.45, 2.75) is 26.3 Å². The molecule has 0 radical (unpaired) electrons. The third kappa shape index (κ3) is 2.36. The average molecular weight is 276 g/mol. The first-order valence-corrected chi connectivity index (χ1v) is 6.70. The first-order valence-electron chi connectivity index (χ1n) is 6.32. The summed E-state index contributed by atoms with van der Waals surface area (Å²) in [6, 6.07) is 7.88. The molecular formula is C14H14ClN3O. The molecule has 19 heavy (non-hydrogen) atoms. The molecule has 0 aliphatic carbocycles. The summed E-state index contributed by atoms with van der Waals surface area (Å²) in [5.41, 5.74) is 1.08. The normalized spacial score (nSPS) is 11.3. The smallest absolute Gasteiger partial charge is 0.226 e. The number of fused-ring (bicyclic) bond motifs is 1. The largest absolute Gasteiger partial charge is 0.340 e. The minimum Gasteiger partial charge on any atom is -0.340 e. The summed E-state index contributed by atoms with van der Waals surface area (Å²) < 4.78 is 7.26. The van der Waals surface area contributed by atoms with E-state index in [9.17, 15) is 0 Å². The highest BCUT2D eigenvalue weighted by atomic mass is 35.5. The van der Waals surface area contributed by atoms with Crippen molar-refractivity contribution in [1.29, 1.82) is 0 Å². The van der Waals surface area contributed by atoms with Crippen molar-refractivity contribution < 1.29 is 4.52 Å². The van der Waals surface area contributed by atoms with Crippen LogP contribution in [0.1, 0.15) is 25.1 Å². The Hall–Kier alpha value is -1.81. The lowest BCUT2D eigenvalue weighted by atomic mass is 10.2. The molecule has 5 heteroatoms. The SMILES string of the molecule is CCCc1nc(Cn2ccc3c(Cl)cccc32)no1. The van der Waals surface area contributed by atoms with Crippen LogP contribution >= 0.6 is 11.6 Å². The van der Waals surface area contributed by atoms with Crippen LogP contribution in [-0.4, -0.2) is 14.7 Å². The van der Waals surface area contributed by atoms with Crippen LogP contribution in [0.4, 0.5) is 0 Å². The van der Waals surface area contributed by atoms with Crippen LogP contribution in [0.15, 0.2) is 35.0 Å². The van der Waals surface area contributed by atoms with Gasteiger partial charge in [-0.1, -0.05) is 29.7 Å². The van der Waals surface area contributed by atoms with E-state index in [1.54, 1.807) is 0 Å². The molecule has 98 valence electrons. The maximum Gasteiger partial charge on any atom is 0.226 e. The molecule has 0 aliphatic rings. The Balaban J connectivity index is 1.90. The van der Waals surface area contributed by atoms with E-state index < -0.39 is 0 Å². The predicted octanol–water partition coefficient (Wildman–Crippen LogP) is 3.68. The third-order valence-corrected chi connectivity index (χ3v) is 3.38. The van der Waals surface area contributed by atoms with Crippen molar-refractivity contribution in [1.82, 2.24) is 14.7 Å². The molecule has 0 saturated carbocycles. The summed E-state index contributed by atoms with van der Waals surface area (Å²) in [5, 5.41) is 5.80. The molecule has 0 saturated heterocycles. The first kappa shape index (κ1) is 12.2. The van der Waals surface area contributed by atoms with Gasteiger partial charge in [0.25, 0.3) is 0 Å². The first-order chi connectivity index (χ1) is 9.28. The van der Waals surface area contributed by atoms with Crippen LogP contribution in [0.25, 0.3) is 10.9 Å². The topological polar surface area (TPSA) is 43.9 Å². The van der Waals surface area contributed by atoms with Crippen LogP contribution in [-0.2, 0) is 13.0 Å². The second kappa shape index (κ2) is 5.05. The fourth-order valence-corrected chi connectivity index (χ4v) is 2.38. The molecule has 1 aromatic carbocycles. The molecule has 0 fully saturated rings. The van der Waals surface area contributed by atoms with Gasteiger partial charge in [-0.15, -0.1) is 0 Å². The zero-order valence-corrected chi connectivity index (χ0v) is 11.4. The van der Waals surface area contributed by atoms with Gasteiger partial charge in [0, 0.05) is 28.5 Å². The lowest BCUT2D eigenvalue weighted by molar-refractivity contribution is 0.371. The molecule has 3 aromatic rings. The van der Waals surface area contributed by atoms with E-state index in [1.165, 1.54) is 0 Å². The van der Waals surface area contributed by atoms with E-state index in [0.29, 0.717) is 18.3 Å². The Labute approximate surface area is 116 Å². The van der Waals surface area contributed by atoms with E-state index in [4.69, 9.17) is 16.1 Å². The molecule has 4 nitrogen and oxygen atoms in total. The Kier molecular flexibility index (Phi) is 3.25. The Bertz CT molecular complexity index is 702. The molecule has 2 heterocycles. The van der Waals surface area contributed by atoms with E-state index in [-0.39, 0.29) is 0 Å². The molecule has 0 aliphatic heterocycles. The van der Waals surface area contributed by atoms with Gasteiger partial charge >= 0.3 is 0 Å². The summed E-state index contributed by atoms with van der Waals surface area (Å²) >= 11 is 6.16. The summed E-state index contributed by atoms with van der Waals surface area (Å²) in [6.07, 6.45) is 3.82. The van der Waals surface area contributed by atoms with E-state index in [0.717, 1.165) is 28.8 Å². The molecule has 0 amide bonds. The predicted molar refractivity (Wildman–Crippen MR) is 74.3 cm³/mol. The fraction of sp³-hybridized carbons (Fsp3) is 0.286. The zero-order valence-electron chi connectivity index (χ0n) is 10.6. The van der Waals surface area contributed by atoms with Gasteiger partial charge in [-0.05, 0) is 24.6 Å². The van der Waals surface area contributed by atoms with Gasteiger partial charge in [0.05, 0.1) is 6.54 Å². The van der Waals surface area contributed by atoms with Crippen molar-refractivity contribution in [3.8, 4) is 0 Å². The lowest BCUT2D eigenvalue weighted by Crippen LogP contribution is -2.00. The number of rotatable bonds is 4. The van der Waals surface area contributed by atoms with Gasteiger partial charge in [-0.25, -0.2) is 0 Å². The minimum atomic E-state index is 0.594. The molecule has 0 N–H and O–H groups in total. The van der Waals surface area contributed by atoms with Crippen LogP contribution in [0.3, 0.4) is 0 Å². The number of hydrogen-bond acceptors (Lipinski definition) is 3. The van der Waals surface area contributed by atoms with Crippen LogP contribution in [0.5, 0.6) is 0 Å². The van der Waals surface area contributed by atoms with Crippen molar-refractivity contribution in [2.75, 3.05) is 0 Å². The van der Waals surface area contributed by atoms with Crippen molar-refractivity contribution in [2.24, 2.45) is 0 Å². The highest BCUT2D eigenvalue weighted by molar-refractivity contribution is 6.35. The number of aromatic nitrogens is 3. The monoisotopic (exact) mass is 275 g/mol. The average Bonchev–Trinajstić information content (AvgIpc) is 3.00. The highest BCUT2D eigenvalue weighted by Gasteiger charge is 2.09. The summed E-state index contributed by atoms with van der Waals surface area (Å²) in [7, 11) is 0. The molecule has 0 atom stereocenters. The highest BCUT2D eigenvalue weighted by Crippen LogP contribution is 2.24. The summed E-state index contributed by atoms with van der Waals surface area (Å²) in [6.45, 7) is 2.68. The van der Waals surface area contributed by atoms with Gasteiger partial charge < -0.3 is 9.09 Å². The Morgan fingerprint density at radius 2 is 2.21 bits per heavy atom. The third-order valence-electron chi connectivity index (χ3n) is 3.05. The Morgan fingerprint density at radius 3 is 3.05 bits per heavy atom. The van der Waals surface area contributed by atoms with Gasteiger partial charge in [0.2, 0.25) is 5.89 Å². The number of nitrogens with zero attached hydrogens (tertiary/aromatic N) is 3. The van der Waals surface area contributed by atoms with Gasteiger partial charge in [0.1, 0.15) is 0 Å². The van der Waals surface area contributed by atoms with Crippen molar-refractivity contribution in [3.05, 3.63) is 47.2 Å². The maximum atomic E-state index is 6.16. The number of benzene rings is 1.